The Hall–Kier alpha value is -2.42. The van der Waals surface area contributed by atoms with Crippen LogP contribution in [0.25, 0.3) is 0 Å². The van der Waals surface area contributed by atoms with Crippen LogP contribution < -0.4 is 5.32 Å². The Morgan fingerprint density at radius 3 is 2.08 bits per heavy atom. The van der Waals surface area contributed by atoms with Gasteiger partial charge in [0, 0.05) is 11.3 Å². The summed E-state index contributed by atoms with van der Waals surface area (Å²) in [7, 11) is 0. The molecule has 0 atom stereocenters. The lowest BCUT2D eigenvalue weighted by Crippen LogP contribution is -2.38. The molecule has 1 N–H and O–H groups in total. The van der Waals surface area contributed by atoms with Gasteiger partial charge in [0.1, 0.15) is 5.41 Å². The van der Waals surface area contributed by atoms with Gasteiger partial charge < -0.3 is 5.32 Å². The summed E-state index contributed by atoms with van der Waals surface area (Å²) in [6, 6.07) is 16.8. The first kappa shape index (κ1) is 17.9. The molecule has 0 radical (unpaired) electrons. The van der Waals surface area contributed by atoms with Gasteiger partial charge in [0.05, 0.1) is 0 Å². The van der Waals surface area contributed by atoms with E-state index in [2.05, 4.69) is 19.2 Å². The fourth-order valence-corrected chi connectivity index (χ4v) is 2.54. The predicted octanol–water partition coefficient (Wildman–Crippen LogP) is 4.73. The van der Waals surface area contributed by atoms with E-state index >= 15 is 0 Å². The van der Waals surface area contributed by atoms with E-state index in [1.54, 1.807) is 26.0 Å². The maximum absolute atomic E-state index is 12.8. The highest BCUT2D eigenvalue weighted by molar-refractivity contribution is 6.16. The number of rotatable bonds is 6. The number of nitrogens with one attached hydrogen (secondary N) is 1. The van der Waals surface area contributed by atoms with Gasteiger partial charge >= 0.3 is 0 Å². The molecule has 2 aromatic carbocycles. The number of benzene rings is 2. The van der Waals surface area contributed by atoms with Crippen molar-refractivity contribution in [3.8, 4) is 0 Å². The Balaban J connectivity index is 2.12. The van der Waals surface area contributed by atoms with Crippen LogP contribution in [0.15, 0.2) is 54.6 Å². The minimum Gasteiger partial charge on any atom is -0.325 e. The van der Waals surface area contributed by atoms with Crippen molar-refractivity contribution >= 4 is 17.4 Å². The zero-order valence-corrected chi connectivity index (χ0v) is 14.8. The van der Waals surface area contributed by atoms with Crippen molar-refractivity contribution in [2.45, 2.75) is 34.1 Å². The van der Waals surface area contributed by atoms with Crippen LogP contribution in [0.2, 0.25) is 0 Å². The zero-order chi connectivity index (χ0) is 17.7. The normalized spacial score (nSPS) is 11.4. The van der Waals surface area contributed by atoms with E-state index in [0.29, 0.717) is 17.2 Å². The first-order chi connectivity index (χ1) is 11.3. The van der Waals surface area contributed by atoms with Crippen LogP contribution in [-0.2, 0) is 11.2 Å². The average Bonchev–Trinajstić information content (AvgIpc) is 2.55. The van der Waals surface area contributed by atoms with Crippen molar-refractivity contribution in [1.29, 1.82) is 0 Å². The van der Waals surface area contributed by atoms with Crippen LogP contribution >= 0.6 is 0 Å². The van der Waals surface area contributed by atoms with Crippen molar-refractivity contribution in [2.24, 2.45) is 11.3 Å². The molecule has 1 amide bonds. The second kappa shape index (κ2) is 7.43. The molecule has 0 aromatic heterocycles. The van der Waals surface area contributed by atoms with Crippen LogP contribution in [0.5, 0.6) is 0 Å². The highest BCUT2D eigenvalue weighted by Crippen LogP contribution is 2.25. The van der Waals surface area contributed by atoms with Crippen LogP contribution in [0.4, 0.5) is 5.69 Å². The number of ketones is 1. The predicted molar refractivity (Wildman–Crippen MR) is 98.2 cm³/mol. The number of Topliss-reactive ketones (excluding diaryl/α,β-unsaturated/α-hetero) is 1. The smallest absolute Gasteiger partial charge is 0.237 e. The van der Waals surface area contributed by atoms with Crippen LogP contribution in [0, 0.1) is 11.3 Å². The molecule has 0 aliphatic heterocycles. The molecule has 0 spiro atoms. The second-order valence-electron chi connectivity index (χ2n) is 7.07. The minimum atomic E-state index is -1.13. The number of carbonyl (C=O) groups excluding carboxylic acids is 2. The fourth-order valence-electron chi connectivity index (χ4n) is 2.54. The summed E-state index contributed by atoms with van der Waals surface area (Å²) in [6.45, 7) is 7.65. The van der Waals surface area contributed by atoms with E-state index in [9.17, 15) is 9.59 Å². The lowest BCUT2D eigenvalue weighted by molar-refractivity contribution is -0.121. The van der Waals surface area contributed by atoms with Gasteiger partial charge in [-0.1, -0.05) is 56.3 Å². The Morgan fingerprint density at radius 1 is 0.958 bits per heavy atom. The summed E-state index contributed by atoms with van der Waals surface area (Å²) in [6.07, 6.45) is 0.979. The quantitative estimate of drug-likeness (QED) is 0.617. The van der Waals surface area contributed by atoms with Gasteiger partial charge in [0.15, 0.2) is 5.78 Å². The molecule has 3 nitrogen and oxygen atoms in total. The van der Waals surface area contributed by atoms with E-state index in [-0.39, 0.29) is 11.7 Å². The van der Waals surface area contributed by atoms with Crippen molar-refractivity contribution in [1.82, 2.24) is 0 Å². The highest BCUT2D eigenvalue weighted by Gasteiger charge is 2.36. The van der Waals surface area contributed by atoms with Crippen molar-refractivity contribution in [2.75, 3.05) is 5.32 Å². The molecule has 0 bridgehead atoms. The van der Waals surface area contributed by atoms with E-state index in [1.807, 2.05) is 42.5 Å². The Labute approximate surface area is 144 Å². The largest absolute Gasteiger partial charge is 0.325 e. The molecule has 0 unspecified atom stereocenters. The van der Waals surface area contributed by atoms with Gasteiger partial charge in [0.25, 0.3) is 0 Å². The third kappa shape index (κ3) is 4.31. The summed E-state index contributed by atoms with van der Waals surface area (Å²) in [5.41, 5.74) is 1.33. The molecular formula is C21H25NO2. The molecule has 0 saturated carbocycles. The molecule has 0 saturated heterocycles. The molecule has 0 fully saturated rings. The van der Waals surface area contributed by atoms with Crippen LogP contribution in [0.1, 0.15) is 43.6 Å². The Bertz CT molecular complexity index is 700. The lowest BCUT2D eigenvalue weighted by atomic mass is 9.83. The van der Waals surface area contributed by atoms with Gasteiger partial charge in [-0.05, 0) is 43.9 Å². The number of carbonyl (C=O) groups is 2. The number of hydrogen-bond acceptors (Lipinski definition) is 2. The number of anilines is 1. The van der Waals surface area contributed by atoms with Crippen molar-refractivity contribution < 1.29 is 9.59 Å². The maximum Gasteiger partial charge on any atom is 0.237 e. The monoisotopic (exact) mass is 323 g/mol. The summed E-state index contributed by atoms with van der Waals surface area (Å²) < 4.78 is 0. The molecule has 0 aliphatic rings. The summed E-state index contributed by atoms with van der Waals surface area (Å²) >= 11 is 0. The number of para-hydroxylation sites is 1. The van der Waals surface area contributed by atoms with Gasteiger partial charge in [-0.3, -0.25) is 9.59 Å². The van der Waals surface area contributed by atoms with Gasteiger partial charge in [-0.25, -0.2) is 0 Å². The summed E-state index contributed by atoms with van der Waals surface area (Å²) in [4.78, 5) is 25.3. The average molecular weight is 323 g/mol. The van der Waals surface area contributed by atoms with Crippen molar-refractivity contribution in [3.63, 3.8) is 0 Å². The molecule has 2 aromatic rings. The SMILES string of the molecule is CC(C)Cc1ccc(C(=O)C(C)(C)C(=O)Nc2ccccc2)cc1. The molecule has 24 heavy (non-hydrogen) atoms. The Morgan fingerprint density at radius 2 is 1.54 bits per heavy atom. The third-order valence-electron chi connectivity index (χ3n) is 4.03. The highest BCUT2D eigenvalue weighted by atomic mass is 16.2. The van der Waals surface area contributed by atoms with Gasteiger partial charge in [0.2, 0.25) is 5.91 Å². The zero-order valence-electron chi connectivity index (χ0n) is 14.8. The van der Waals surface area contributed by atoms with Gasteiger partial charge in [-0.2, -0.15) is 0 Å². The van der Waals surface area contributed by atoms with E-state index < -0.39 is 5.41 Å². The molecule has 0 aliphatic carbocycles. The van der Waals surface area contributed by atoms with E-state index in [4.69, 9.17) is 0 Å². The minimum absolute atomic E-state index is 0.174. The summed E-state index contributed by atoms with van der Waals surface area (Å²) in [5.74, 6) is 0.0941. The van der Waals surface area contributed by atoms with Crippen LogP contribution in [0.3, 0.4) is 0 Å². The number of amides is 1. The van der Waals surface area contributed by atoms with Gasteiger partial charge in [-0.15, -0.1) is 0 Å². The van der Waals surface area contributed by atoms with E-state index in [1.165, 1.54) is 5.56 Å². The first-order valence-electron chi connectivity index (χ1n) is 8.31. The fraction of sp³-hybridized carbons (Fsp3) is 0.333. The lowest BCUT2D eigenvalue weighted by Gasteiger charge is -2.22. The molecule has 2 rings (SSSR count). The first-order valence-corrected chi connectivity index (χ1v) is 8.31. The second-order valence-corrected chi connectivity index (χ2v) is 7.07. The molecule has 0 heterocycles. The number of hydrogen-bond donors (Lipinski definition) is 1. The maximum atomic E-state index is 12.8. The summed E-state index contributed by atoms with van der Waals surface area (Å²) in [5, 5.41) is 2.81. The Kier molecular flexibility index (Phi) is 5.55. The van der Waals surface area contributed by atoms with Crippen molar-refractivity contribution in [3.05, 3.63) is 65.7 Å². The molecule has 3 heteroatoms. The molecular weight excluding hydrogens is 298 g/mol. The van der Waals surface area contributed by atoms with Crippen LogP contribution in [-0.4, -0.2) is 11.7 Å². The standard InChI is InChI=1S/C21H25NO2/c1-15(2)14-16-10-12-17(13-11-16)19(23)21(3,4)20(24)22-18-8-6-5-7-9-18/h5-13,15H,14H2,1-4H3,(H,22,24). The van der Waals surface area contributed by atoms with E-state index in [0.717, 1.165) is 6.42 Å². The molecule has 126 valence electrons. The third-order valence-corrected chi connectivity index (χ3v) is 4.03. The topological polar surface area (TPSA) is 46.2 Å².